The lowest BCUT2D eigenvalue weighted by Crippen LogP contribution is -2.37. The number of halogens is 9. The Hall–Kier alpha value is -4.42. The summed E-state index contributed by atoms with van der Waals surface area (Å²) in [6, 6.07) is 7.21. The molecule has 19 heteroatoms. The van der Waals surface area contributed by atoms with E-state index in [4.69, 9.17) is 25.8 Å². The Morgan fingerprint density at radius 3 is 2.27 bits per heavy atom. The van der Waals surface area contributed by atoms with Gasteiger partial charge in [-0.1, -0.05) is 11.6 Å². The number of benzene rings is 3. The van der Waals surface area contributed by atoms with Crippen molar-refractivity contribution in [3.8, 4) is 17.2 Å². The third kappa shape index (κ3) is 7.65. The average molecular weight is 765 g/mol. The minimum absolute atomic E-state index is 0.0452. The third-order valence-corrected chi connectivity index (χ3v) is 7.76. The van der Waals surface area contributed by atoms with E-state index in [0.717, 1.165) is 18.7 Å². The second-order valence-corrected chi connectivity index (χ2v) is 11.2. The molecule has 48 heavy (non-hydrogen) atoms. The SMILES string of the molecule is COc1cc(/C=N/Nc2nc(Nc3cc(Cl)c(C)cc3Br)nc(N3CCOCC3)n2)ccc1Oc1c(F)c(F)c(C(F)(F)F)c(F)c1F. The van der Waals surface area contributed by atoms with Gasteiger partial charge in [0, 0.05) is 22.6 Å². The van der Waals surface area contributed by atoms with Crippen LogP contribution in [0.4, 0.5) is 54.3 Å². The molecule has 1 saturated heterocycles. The van der Waals surface area contributed by atoms with Crippen molar-refractivity contribution in [1.29, 1.82) is 0 Å². The van der Waals surface area contributed by atoms with Gasteiger partial charge in [0.05, 0.1) is 32.2 Å². The lowest BCUT2D eigenvalue weighted by molar-refractivity contribution is -0.143. The summed E-state index contributed by atoms with van der Waals surface area (Å²) in [6.07, 6.45) is -4.41. The van der Waals surface area contributed by atoms with Crippen LogP contribution in [0.5, 0.6) is 17.2 Å². The number of ether oxygens (including phenoxy) is 3. The van der Waals surface area contributed by atoms with Gasteiger partial charge in [0.1, 0.15) is 5.56 Å². The molecule has 3 aromatic carbocycles. The summed E-state index contributed by atoms with van der Waals surface area (Å²) in [5.74, 6) is -11.9. The monoisotopic (exact) mass is 763 g/mol. The number of alkyl halides is 3. The fourth-order valence-corrected chi connectivity index (χ4v) is 5.03. The molecule has 2 N–H and O–H groups in total. The Morgan fingerprint density at radius 2 is 1.62 bits per heavy atom. The number of rotatable bonds is 9. The predicted octanol–water partition coefficient (Wildman–Crippen LogP) is 8.00. The highest BCUT2D eigenvalue weighted by atomic mass is 79.9. The van der Waals surface area contributed by atoms with Crippen molar-refractivity contribution in [2.45, 2.75) is 13.1 Å². The highest BCUT2D eigenvalue weighted by Gasteiger charge is 2.43. The van der Waals surface area contributed by atoms with Crippen LogP contribution in [0.1, 0.15) is 16.7 Å². The lowest BCUT2D eigenvalue weighted by atomic mass is 10.1. The van der Waals surface area contributed by atoms with E-state index in [1.165, 1.54) is 18.3 Å². The summed E-state index contributed by atoms with van der Waals surface area (Å²) < 4.78 is 112. The van der Waals surface area contributed by atoms with Crippen molar-refractivity contribution in [3.05, 3.63) is 79.8 Å². The molecule has 0 radical (unpaired) electrons. The Kier molecular flexibility index (Phi) is 10.4. The van der Waals surface area contributed by atoms with Gasteiger partial charge in [-0.25, -0.2) is 14.2 Å². The van der Waals surface area contributed by atoms with Gasteiger partial charge in [-0.3, -0.25) is 0 Å². The maximum Gasteiger partial charge on any atom is 0.422 e. The first kappa shape index (κ1) is 34.9. The van der Waals surface area contributed by atoms with E-state index in [2.05, 4.69) is 46.7 Å². The van der Waals surface area contributed by atoms with Gasteiger partial charge in [-0.05, 0) is 64.3 Å². The number of aromatic nitrogens is 3. The predicted molar refractivity (Wildman–Crippen MR) is 166 cm³/mol. The number of nitrogens with zero attached hydrogens (tertiary/aromatic N) is 5. The topological polar surface area (TPSA) is 106 Å². The van der Waals surface area contributed by atoms with E-state index in [9.17, 15) is 30.7 Å². The summed E-state index contributed by atoms with van der Waals surface area (Å²) in [7, 11) is 1.15. The first-order valence-electron chi connectivity index (χ1n) is 13.7. The smallest absolute Gasteiger partial charge is 0.422 e. The highest BCUT2D eigenvalue weighted by molar-refractivity contribution is 9.10. The number of hydrogen-bond acceptors (Lipinski definition) is 10. The molecular formula is C29H22BrClF7N7O3. The summed E-state index contributed by atoms with van der Waals surface area (Å²) >= 11 is 9.79. The molecule has 5 rings (SSSR count). The van der Waals surface area contributed by atoms with Crippen LogP contribution in [-0.2, 0) is 10.9 Å². The molecule has 1 aliphatic heterocycles. The molecule has 10 nitrogen and oxygen atoms in total. The largest absolute Gasteiger partial charge is 0.493 e. The summed E-state index contributed by atoms with van der Waals surface area (Å²) in [5.41, 5.74) is 1.74. The first-order valence-corrected chi connectivity index (χ1v) is 14.8. The Labute approximate surface area is 281 Å². The van der Waals surface area contributed by atoms with Crippen LogP contribution in [0, 0.1) is 30.2 Å². The van der Waals surface area contributed by atoms with E-state index in [1.54, 1.807) is 6.07 Å². The van der Waals surface area contributed by atoms with Gasteiger partial charge in [0.15, 0.2) is 23.1 Å². The van der Waals surface area contributed by atoms with Crippen LogP contribution < -0.4 is 25.1 Å². The number of aryl methyl sites for hydroxylation is 1. The lowest BCUT2D eigenvalue weighted by Gasteiger charge is -2.27. The zero-order valence-corrected chi connectivity index (χ0v) is 27.0. The van der Waals surface area contributed by atoms with E-state index >= 15 is 0 Å². The van der Waals surface area contributed by atoms with Crippen molar-refractivity contribution in [3.63, 3.8) is 0 Å². The molecule has 0 bridgehead atoms. The van der Waals surface area contributed by atoms with Crippen LogP contribution in [0.3, 0.4) is 0 Å². The van der Waals surface area contributed by atoms with Crippen molar-refractivity contribution < 1.29 is 44.9 Å². The highest BCUT2D eigenvalue weighted by Crippen LogP contribution is 2.42. The molecule has 1 aliphatic rings. The molecule has 0 spiro atoms. The maximum atomic E-state index is 14.4. The first-order chi connectivity index (χ1) is 22.8. The van der Waals surface area contributed by atoms with Gasteiger partial charge >= 0.3 is 6.18 Å². The molecule has 0 aliphatic carbocycles. The van der Waals surface area contributed by atoms with Crippen LogP contribution in [0.25, 0.3) is 0 Å². The average Bonchev–Trinajstić information content (AvgIpc) is 3.05. The van der Waals surface area contributed by atoms with Gasteiger partial charge in [0.25, 0.3) is 0 Å². The number of nitrogens with one attached hydrogen (secondary N) is 2. The molecule has 254 valence electrons. The second-order valence-electron chi connectivity index (χ2n) is 9.93. The Bertz CT molecular complexity index is 1850. The second kappa shape index (κ2) is 14.4. The zero-order chi connectivity index (χ0) is 34.7. The number of hydrazone groups is 1. The molecular weight excluding hydrogens is 743 g/mol. The molecule has 1 fully saturated rings. The minimum atomic E-state index is -5.70. The minimum Gasteiger partial charge on any atom is -0.493 e. The standard InChI is InChI=1S/C29H22BrClF7N7O3/c1-13-9-15(30)17(11-16(13)31)40-26-41-27(43-28(42-26)45-5-7-47-8-6-45)44-39-12-14-3-4-18(19(10-14)46-2)48-25-23(34)21(32)20(29(36,37)38)22(33)24(25)35/h3-4,9-12H,5-8H2,1-2H3,(H2,40,41,42,43,44)/b39-12+. The Balaban J connectivity index is 1.38. The van der Waals surface area contributed by atoms with Crippen molar-refractivity contribution in [1.82, 2.24) is 15.0 Å². The summed E-state index contributed by atoms with van der Waals surface area (Å²) in [6.45, 7) is 3.85. The van der Waals surface area contributed by atoms with Crippen LogP contribution >= 0.6 is 27.5 Å². The molecule has 2 heterocycles. The maximum absolute atomic E-state index is 14.4. The number of hydrogen-bond donors (Lipinski definition) is 2. The van der Waals surface area contributed by atoms with Crippen molar-refractivity contribution in [2.75, 3.05) is 49.1 Å². The normalized spacial score (nSPS) is 13.6. The van der Waals surface area contributed by atoms with E-state index in [1.807, 2.05) is 17.9 Å². The zero-order valence-electron chi connectivity index (χ0n) is 24.7. The molecule has 4 aromatic rings. The number of morpholine rings is 1. The third-order valence-electron chi connectivity index (χ3n) is 6.70. The van der Waals surface area contributed by atoms with Gasteiger partial charge in [0.2, 0.25) is 35.2 Å². The van der Waals surface area contributed by atoms with Crippen LogP contribution in [0.15, 0.2) is 39.9 Å². The number of anilines is 4. The summed E-state index contributed by atoms with van der Waals surface area (Å²) in [5, 5.41) is 7.74. The quantitative estimate of drug-likeness (QED) is 0.0760. The molecule has 0 atom stereocenters. The number of methoxy groups -OCH3 is 1. The van der Waals surface area contributed by atoms with Crippen LogP contribution in [-0.4, -0.2) is 54.6 Å². The van der Waals surface area contributed by atoms with E-state index in [-0.39, 0.29) is 17.6 Å². The van der Waals surface area contributed by atoms with E-state index in [0.29, 0.717) is 53.0 Å². The molecule has 0 unspecified atom stereocenters. The van der Waals surface area contributed by atoms with Crippen molar-refractivity contribution in [2.24, 2.45) is 5.10 Å². The van der Waals surface area contributed by atoms with Gasteiger partial charge in [-0.15, -0.1) is 0 Å². The molecule has 0 saturated carbocycles. The fourth-order valence-electron chi connectivity index (χ4n) is 4.31. The molecule has 0 amide bonds. The fraction of sp³-hybridized carbons (Fsp3) is 0.241. The van der Waals surface area contributed by atoms with Gasteiger partial charge < -0.3 is 24.4 Å². The van der Waals surface area contributed by atoms with E-state index < -0.39 is 46.5 Å². The van der Waals surface area contributed by atoms with Crippen LogP contribution in [0.2, 0.25) is 5.02 Å². The Morgan fingerprint density at radius 1 is 0.958 bits per heavy atom. The summed E-state index contributed by atoms with van der Waals surface area (Å²) in [4.78, 5) is 15.2. The van der Waals surface area contributed by atoms with Gasteiger partial charge in [-0.2, -0.15) is 42.0 Å². The van der Waals surface area contributed by atoms with Crippen molar-refractivity contribution >= 4 is 57.3 Å². The molecule has 1 aromatic heterocycles.